The maximum absolute atomic E-state index is 12.4. The Morgan fingerprint density at radius 1 is 1.22 bits per heavy atom. The number of hydrogen-bond donors (Lipinski definition) is 4. The van der Waals surface area contributed by atoms with Crippen molar-refractivity contribution in [2.45, 2.75) is 19.9 Å². The summed E-state index contributed by atoms with van der Waals surface area (Å²) in [6.07, 6.45) is 7.71. The van der Waals surface area contributed by atoms with E-state index in [-0.39, 0.29) is 18.8 Å². The molecule has 10 heteroatoms. The number of primary amides is 1. The molecule has 0 bridgehead atoms. The molecule has 0 aliphatic heterocycles. The summed E-state index contributed by atoms with van der Waals surface area (Å²) in [5.41, 5.74) is 11.4. The highest BCUT2D eigenvalue weighted by Gasteiger charge is 2.19. The standard InChI is InChI=1S/C27H27N7O3/c1-2-20-18(15-34-11-10-29-16-34)4-3-5-22(20)31-23-21(25(28)36)14-30-27-24(23)32-26(33-27)17-6-8-19(9-7-17)37-13-12-35/h3-11,14,16,35H,2,12-13,15H2,1H3,(H2,28,36)(H2,30,31,32,33). The molecule has 3 heterocycles. The van der Waals surface area contributed by atoms with Gasteiger partial charge in [0.25, 0.3) is 5.91 Å². The van der Waals surface area contributed by atoms with Gasteiger partial charge in [0, 0.05) is 36.4 Å². The molecule has 0 saturated carbocycles. The lowest BCUT2D eigenvalue weighted by Gasteiger charge is -2.17. The maximum atomic E-state index is 12.4. The number of fused-ring (bicyclic) bond motifs is 1. The Balaban J connectivity index is 1.54. The minimum atomic E-state index is -0.598. The first-order chi connectivity index (χ1) is 18.1. The quantitative estimate of drug-likeness (QED) is 0.231. The van der Waals surface area contributed by atoms with Gasteiger partial charge in [-0.1, -0.05) is 19.1 Å². The number of carbonyl (C=O) groups is 1. The second-order valence-electron chi connectivity index (χ2n) is 8.45. The van der Waals surface area contributed by atoms with Crippen molar-refractivity contribution in [1.82, 2.24) is 24.5 Å². The monoisotopic (exact) mass is 497 g/mol. The van der Waals surface area contributed by atoms with Gasteiger partial charge >= 0.3 is 0 Å². The number of aliphatic hydroxyl groups is 1. The second kappa shape index (κ2) is 10.5. The second-order valence-corrected chi connectivity index (χ2v) is 8.45. The highest BCUT2D eigenvalue weighted by atomic mass is 16.5. The summed E-state index contributed by atoms with van der Waals surface area (Å²) in [5.74, 6) is 0.637. The number of nitrogens with zero attached hydrogens (tertiary/aromatic N) is 4. The van der Waals surface area contributed by atoms with Crippen molar-refractivity contribution in [3.63, 3.8) is 0 Å². The minimum absolute atomic E-state index is 0.0544. The van der Waals surface area contributed by atoms with Gasteiger partial charge in [-0.25, -0.2) is 15.0 Å². The van der Waals surface area contributed by atoms with Gasteiger partial charge in [-0.3, -0.25) is 4.79 Å². The molecule has 188 valence electrons. The molecular formula is C27H27N7O3. The van der Waals surface area contributed by atoms with Crippen LogP contribution in [0.2, 0.25) is 0 Å². The fourth-order valence-corrected chi connectivity index (χ4v) is 4.30. The molecule has 0 atom stereocenters. The fourth-order valence-electron chi connectivity index (χ4n) is 4.30. The zero-order chi connectivity index (χ0) is 25.8. The van der Waals surface area contributed by atoms with Crippen LogP contribution < -0.4 is 15.8 Å². The van der Waals surface area contributed by atoms with E-state index in [1.807, 2.05) is 35.0 Å². The highest BCUT2D eigenvalue weighted by molar-refractivity contribution is 6.06. The van der Waals surface area contributed by atoms with Gasteiger partial charge in [-0.15, -0.1) is 0 Å². The van der Waals surface area contributed by atoms with Crippen LogP contribution in [-0.4, -0.2) is 48.7 Å². The zero-order valence-corrected chi connectivity index (χ0v) is 20.3. The Kier molecular flexibility index (Phi) is 6.82. The van der Waals surface area contributed by atoms with Gasteiger partial charge in [0.15, 0.2) is 5.65 Å². The molecule has 0 aliphatic rings. The Hall–Kier alpha value is -4.70. The lowest BCUT2D eigenvalue weighted by atomic mass is 10.0. The molecule has 0 radical (unpaired) electrons. The van der Waals surface area contributed by atoms with Crippen molar-refractivity contribution >= 4 is 28.4 Å². The first-order valence-corrected chi connectivity index (χ1v) is 11.9. The van der Waals surface area contributed by atoms with E-state index in [0.717, 1.165) is 28.8 Å². The van der Waals surface area contributed by atoms with E-state index in [4.69, 9.17) is 20.6 Å². The van der Waals surface area contributed by atoms with Crippen LogP contribution in [0.5, 0.6) is 5.75 Å². The number of H-pyrrole nitrogens is 1. The zero-order valence-electron chi connectivity index (χ0n) is 20.3. The number of ether oxygens (including phenoxy) is 1. The van der Waals surface area contributed by atoms with Crippen molar-refractivity contribution in [2.75, 3.05) is 18.5 Å². The summed E-state index contributed by atoms with van der Waals surface area (Å²) in [7, 11) is 0. The van der Waals surface area contributed by atoms with Crippen molar-refractivity contribution in [1.29, 1.82) is 0 Å². The Labute approximate surface area is 213 Å². The number of imidazole rings is 2. The summed E-state index contributed by atoms with van der Waals surface area (Å²) >= 11 is 0. The molecule has 5 N–H and O–H groups in total. The van der Waals surface area contributed by atoms with Gasteiger partial charge in [0.1, 0.15) is 23.7 Å². The van der Waals surface area contributed by atoms with Crippen LogP contribution in [0.15, 0.2) is 67.4 Å². The predicted molar refractivity (Wildman–Crippen MR) is 141 cm³/mol. The average Bonchev–Trinajstić information content (AvgIpc) is 3.58. The van der Waals surface area contributed by atoms with E-state index in [2.05, 4.69) is 33.3 Å². The number of pyridine rings is 1. The predicted octanol–water partition coefficient (Wildman–Crippen LogP) is 3.65. The van der Waals surface area contributed by atoms with Crippen molar-refractivity contribution in [2.24, 2.45) is 5.73 Å². The number of aliphatic hydroxyl groups excluding tert-OH is 1. The van der Waals surface area contributed by atoms with Gasteiger partial charge in [-0.2, -0.15) is 0 Å². The van der Waals surface area contributed by atoms with Crippen LogP contribution in [0, 0.1) is 0 Å². The number of nitrogens with two attached hydrogens (primary N) is 1. The Morgan fingerprint density at radius 2 is 2.05 bits per heavy atom. The SMILES string of the molecule is CCc1c(Cn2ccnc2)cccc1Nc1c(C(N)=O)cnc2[nH]c(-c3ccc(OCCO)cc3)nc12. The number of anilines is 2. The topological polar surface area (TPSA) is 144 Å². The van der Waals surface area contributed by atoms with Crippen LogP contribution in [0.4, 0.5) is 11.4 Å². The van der Waals surface area contributed by atoms with Crippen LogP contribution in [0.1, 0.15) is 28.4 Å². The number of hydrogen-bond acceptors (Lipinski definition) is 7. The third kappa shape index (κ3) is 5.00. The molecule has 0 spiro atoms. The number of benzene rings is 2. The fraction of sp³-hybridized carbons (Fsp3) is 0.185. The Bertz CT molecular complexity index is 1530. The molecule has 5 aromatic rings. The van der Waals surface area contributed by atoms with E-state index in [1.165, 1.54) is 6.20 Å². The molecule has 37 heavy (non-hydrogen) atoms. The van der Waals surface area contributed by atoms with Gasteiger partial charge in [-0.05, 0) is 47.9 Å². The van der Waals surface area contributed by atoms with E-state index in [0.29, 0.717) is 35.0 Å². The number of nitrogens with one attached hydrogen (secondary N) is 2. The van der Waals surface area contributed by atoms with Crippen LogP contribution in [0.25, 0.3) is 22.6 Å². The summed E-state index contributed by atoms with van der Waals surface area (Å²) in [4.78, 5) is 28.9. The normalized spacial score (nSPS) is 11.1. The minimum Gasteiger partial charge on any atom is -0.491 e. The number of aromatic nitrogens is 5. The molecule has 2 aromatic carbocycles. The molecule has 0 aliphatic carbocycles. The van der Waals surface area contributed by atoms with E-state index in [1.54, 1.807) is 24.7 Å². The molecule has 0 unspecified atom stereocenters. The van der Waals surface area contributed by atoms with Crippen molar-refractivity contribution in [3.05, 3.63) is 84.1 Å². The van der Waals surface area contributed by atoms with Crippen molar-refractivity contribution < 1.29 is 14.6 Å². The maximum Gasteiger partial charge on any atom is 0.252 e. The van der Waals surface area contributed by atoms with Crippen molar-refractivity contribution in [3.8, 4) is 17.1 Å². The lowest BCUT2D eigenvalue weighted by Crippen LogP contribution is -2.14. The molecular weight excluding hydrogens is 470 g/mol. The largest absolute Gasteiger partial charge is 0.491 e. The number of carbonyl (C=O) groups excluding carboxylic acids is 1. The van der Waals surface area contributed by atoms with Crippen LogP contribution in [-0.2, 0) is 13.0 Å². The van der Waals surface area contributed by atoms with E-state index in [9.17, 15) is 4.79 Å². The third-order valence-corrected chi connectivity index (χ3v) is 6.07. The first kappa shape index (κ1) is 24.0. The molecule has 0 saturated heterocycles. The number of amides is 1. The third-order valence-electron chi connectivity index (χ3n) is 6.07. The molecule has 10 nitrogen and oxygen atoms in total. The molecule has 1 amide bonds. The Morgan fingerprint density at radius 3 is 2.76 bits per heavy atom. The number of rotatable bonds is 10. The summed E-state index contributed by atoms with van der Waals surface area (Å²) in [5, 5.41) is 12.4. The average molecular weight is 498 g/mol. The van der Waals surface area contributed by atoms with Gasteiger partial charge in [0.2, 0.25) is 0 Å². The van der Waals surface area contributed by atoms with Crippen LogP contribution >= 0.6 is 0 Å². The molecule has 5 rings (SSSR count). The summed E-state index contributed by atoms with van der Waals surface area (Å²) in [6, 6.07) is 13.4. The lowest BCUT2D eigenvalue weighted by molar-refractivity contribution is 0.100. The highest BCUT2D eigenvalue weighted by Crippen LogP contribution is 2.33. The first-order valence-electron chi connectivity index (χ1n) is 11.9. The summed E-state index contributed by atoms with van der Waals surface area (Å²) < 4.78 is 7.45. The molecule has 3 aromatic heterocycles. The molecule has 0 fully saturated rings. The smallest absolute Gasteiger partial charge is 0.252 e. The van der Waals surface area contributed by atoms with Gasteiger partial charge < -0.3 is 30.4 Å². The summed E-state index contributed by atoms with van der Waals surface area (Å²) in [6.45, 7) is 2.94. The van der Waals surface area contributed by atoms with Gasteiger partial charge in [0.05, 0.1) is 24.2 Å². The van der Waals surface area contributed by atoms with E-state index >= 15 is 0 Å². The van der Waals surface area contributed by atoms with E-state index < -0.39 is 5.91 Å². The number of aromatic amines is 1. The van der Waals surface area contributed by atoms with Crippen LogP contribution in [0.3, 0.4) is 0 Å².